The lowest BCUT2D eigenvalue weighted by molar-refractivity contribution is 0.627. The summed E-state index contributed by atoms with van der Waals surface area (Å²) < 4.78 is 0. The summed E-state index contributed by atoms with van der Waals surface area (Å²) in [5, 5.41) is 0. The molecule has 0 radical (unpaired) electrons. The van der Waals surface area contributed by atoms with Crippen LogP contribution in [0.15, 0.2) is 22.8 Å². The fourth-order valence-corrected chi connectivity index (χ4v) is 2.59. The quantitative estimate of drug-likeness (QED) is 0.533. The molecule has 0 heteroatoms. The van der Waals surface area contributed by atoms with Gasteiger partial charge >= 0.3 is 0 Å². The van der Waals surface area contributed by atoms with Crippen LogP contribution < -0.4 is 0 Å². The van der Waals surface area contributed by atoms with E-state index in [-0.39, 0.29) is 0 Å². The average Bonchev–Trinajstić information content (AvgIpc) is 2.60. The van der Waals surface area contributed by atoms with Gasteiger partial charge in [-0.15, -0.1) is 0 Å². The number of allylic oxidation sites excluding steroid dienone is 4. The van der Waals surface area contributed by atoms with Crippen molar-refractivity contribution >= 4 is 0 Å². The van der Waals surface area contributed by atoms with E-state index < -0.39 is 0 Å². The number of hydrogen-bond acceptors (Lipinski definition) is 0. The Hall–Kier alpha value is -0.520. The second kappa shape index (κ2) is 2.00. The molecule has 0 heterocycles. The van der Waals surface area contributed by atoms with Crippen LogP contribution >= 0.6 is 0 Å². The van der Waals surface area contributed by atoms with Crippen LogP contribution in [0.3, 0.4) is 0 Å². The topological polar surface area (TPSA) is 0 Å². The van der Waals surface area contributed by atoms with Crippen LogP contribution in [0.25, 0.3) is 0 Å². The third kappa shape index (κ3) is 0.885. The number of hydrogen-bond donors (Lipinski definition) is 0. The Morgan fingerprint density at radius 1 is 1.09 bits per heavy atom. The second-order valence-corrected chi connectivity index (χ2v) is 4.18. The third-order valence-electron chi connectivity index (χ3n) is 3.39. The van der Waals surface area contributed by atoms with E-state index in [0.717, 1.165) is 5.92 Å². The van der Waals surface area contributed by atoms with Gasteiger partial charge in [-0.2, -0.15) is 0 Å². The lowest BCUT2D eigenvalue weighted by atomic mass is 9.94. The summed E-state index contributed by atoms with van der Waals surface area (Å²) >= 11 is 0. The Labute approximate surface area is 68.0 Å². The number of rotatable bonds is 1. The van der Waals surface area contributed by atoms with Gasteiger partial charge in [0.2, 0.25) is 0 Å². The maximum atomic E-state index is 2.49. The Balaban J connectivity index is 1.76. The van der Waals surface area contributed by atoms with Crippen molar-refractivity contribution in [2.45, 2.75) is 38.5 Å². The monoisotopic (exact) mass is 146 g/mol. The Morgan fingerprint density at radius 3 is 2.55 bits per heavy atom. The van der Waals surface area contributed by atoms with Gasteiger partial charge in [-0.05, 0) is 37.2 Å². The van der Waals surface area contributed by atoms with E-state index in [4.69, 9.17) is 0 Å². The molecule has 0 N–H and O–H groups in total. The summed E-state index contributed by atoms with van der Waals surface area (Å²) in [6.07, 6.45) is 11.1. The summed E-state index contributed by atoms with van der Waals surface area (Å²) in [6.45, 7) is 0. The van der Waals surface area contributed by atoms with Crippen LogP contribution in [-0.2, 0) is 0 Å². The Kier molecular flexibility index (Phi) is 1.10. The molecule has 0 atom stereocenters. The normalized spacial score (nSPS) is 29.3. The highest BCUT2D eigenvalue weighted by atomic mass is 14.4. The van der Waals surface area contributed by atoms with Crippen molar-refractivity contribution < 1.29 is 0 Å². The molecule has 11 heavy (non-hydrogen) atoms. The fraction of sp³-hybridized carbons (Fsp3) is 0.636. The van der Waals surface area contributed by atoms with Crippen molar-refractivity contribution in [3.8, 4) is 0 Å². The van der Waals surface area contributed by atoms with Crippen LogP contribution in [-0.4, -0.2) is 0 Å². The first kappa shape index (κ1) is 6.05. The Morgan fingerprint density at radius 2 is 1.91 bits per heavy atom. The molecule has 0 aliphatic heterocycles. The van der Waals surface area contributed by atoms with Crippen LogP contribution in [0, 0.1) is 5.92 Å². The molecule has 0 aromatic carbocycles. The van der Waals surface area contributed by atoms with Crippen molar-refractivity contribution in [3.05, 3.63) is 22.8 Å². The van der Waals surface area contributed by atoms with E-state index in [0.29, 0.717) is 0 Å². The maximum Gasteiger partial charge on any atom is -0.00582 e. The smallest absolute Gasteiger partial charge is 0.00582 e. The van der Waals surface area contributed by atoms with Crippen LogP contribution in [0.4, 0.5) is 0 Å². The highest BCUT2D eigenvalue weighted by Crippen LogP contribution is 2.48. The molecule has 0 unspecified atom stereocenters. The molecule has 0 amide bonds. The van der Waals surface area contributed by atoms with Crippen molar-refractivity contribution in [1.29, 1.82) is 0 Å². The summed E-state index contributed by atoms with van der Waals surface area (Å²) in [6, 6.07) is 0. The highest BCUT2D eigenvalue weighted by Gasteiger charge is 2.30. The van der Waals surface area contributed by atoms with Gasteiger partial charge in [0.25, 0.3) is 0 Å². The van der Waals surface area contributed by atoms with E-state index in [2.05, 4.69) is 6.08 Å². The first-order valence-corrected chi connectivity index (χ1v) is 4.85. The van der Waals surface area contributed by atoms with Gasteiger partial charge in [-0.25, -0.2) is 0 Å². The minimum absolute atomic E-state index is 0.989. The van der Waals surface area contributed by atoms with Gasteiger partial charge in [0.15, 0.2) is 0 Å². The van der Waals surface area contributed by atoms with E-state index >= 15 is 0 Å². The standard InChI is InChI=1S/C11H14/c1-2-4-8(3-1)9-5-10-7-11(10)6-9/h5,8H,1-4,6-7H2. The minimum atomic E-state index is 0.989. The summed E-state index contributed by atoms with van der Waals surface area (Å²) in [7, 11) is 0. The molecule has 0 aromatic heterocycles. The lowest BCUT2D eigenvalue weighted by Crippen LogP contribution is -1.97. The van der Waals surface area contributed by atoms with Gasteiger partial charge in [-0.1, -0.05) is 30.1 Å². The first-order chi connectivity index (χ1) is 5.43. The fourth-order valence-electron chi connectivity index (χ4n) is 2.59. The molecule has 3 rings (SSSR count). The van der Waals surface area contributed by atoms with Crippen molar-refractivity contribution in [1.82, 2.24) is 0 Å². The molecule has 3 aliphatic carbocycles. The van der Waals surface area contributed by atoms with Gasteiger partial charge in [0, 0.05) is 0 Å². The lowest BCUT2D eigenvalue weighted by Gasteiger charge is -2.11. The minimum Gasteiger partial charge on any atom is -0.0627 e. The van der Waals surface area contributed by atoms with E-state index in [1.54, 1.807) is 16.7 Å². The molecule has 1 saturated carbocycles. The zero-order chi connectivity index (χ0) is 7.26. The Bertz CT molecular complexity index is 249. The molecule has 0 bridgehead atoms. The molecular formula is C11H14. The van der Waals surface area contributed by atoms with Crippen molar-refractivity contribution in [2.24, 2.45) is 5.92 Å². The molecule has 0 nitrogen and oxygen atoms in total. The van der Waals surface area contributed by atoms with Crippen molar-refractivity contribution in [3.63, 3.8) is 0 Å². The van der Waals surface area contributed by atoms with Crippen LogP contribution in [0.2, 0.25) is 0 Å². The first-order valence-electron chi connectivity index (χ1n) is 4.85. The largest absolute Gasteiger partial charge is 0.0627 e. The second-order valence-electron chi connectivity index (χ2n) is 4.18. The third-order valence-corrected chi connectivity index (χ3v) is 3.39. The summed E-state index contributed by atoms with van der Waals surface area (Å²) in [5.41, 5.74) is 5.22. The zero-order valence-electron chi connectivity index (χ0n) is 6.90. The molecule has 0 spiro atoms. The van der Waals surface area contributed by atoms with Crippen LogP contribution in [0.1, 0.15) is 38.5 Å². The molecule has 1 fully saturated rings. The van der Waals surface area contributed by atoms with Gasteiger partial charge < -0.3 is 0 Å². The summed E-state index contributed by atoms with van der Waals surface area (Å²) in [4.78, 5) is 0. The molecule has 58 valence electrons. The van der Waals surface area contributed by atoms with Crippen molar-refractivity contribution in [2.75, 3.05) is 0 Å². The highest BCUT2D eigenvalue weighted by molar-refractivity contribution is 5.53. The van der Waals surface area contributed by atoms with E-state index in [1.165, 1.54) is 38.5 Å². The molecular weight excluding hydrogens is 132 g/mol. The summed E-state index contributed by atoms with van der Waals surface area (Å²) in [5.74, 6) is 0.989. The SMILES string of the molecule is C1=C(C2CCCC2)CC2=C1C2. The molecule has 0 saturated heterocycles. The predicted octanol–water partition coefficient (Wildman–Crippen LogP) is 3.21. The maximum absolute atomic E-state index is 2.49. The van der Waals surface area contributed by atoms with Gasteiger partial charge in [0.1, 0.15) is 0 Å². The van der Waals surface area contributed by atoms with Gasteiger partial charge in [0.05, 0.1) is 0 Å². The zero-order valence-corrected chi connectivity index (χ0v) is 6.90. The van der Waals surface area contributed by atoms with Gasteiger partial charge in [-0.3, -0.25) is 0 Å². The molecule has 0 aromatic rings. The van der Waals surface area contributed by atoms with E-state index in [1.807, 2.05) is 0 Å². The van der Waals surface area contributed by atoms with E-state index in [9.17, 15) is 0 Å². The average molecular weight is 146 g/mol. The molecule has 3 aliphatic rings. The predicted molar refractivity (Wildman–Crippen MR) is 46.3 cm³/mol. The van der Waals surface area contributed by atoms with Crippen LogP contribution in [0.5, 0.6) is 0 Å².